The smallest absolute Gasteiger partial charge is 0.123 e. The van der Waals surface area contributed by atoms with Crippen LogP contribution in [0.15, 0.2) is 61.2 Å². The lowest BCUT2D eigenvalue weighted by atomic mass is 10.1. The van der Waals surface area contributed by atoms with Gasteiger partial charge in [-0.05, 0) is 43.7 Å². The molecule has 1 N–H and O–H groups in total. The van der Waals surface area contributed by atoms with Gasteiger partial charge in [-0.1, -0.05) is 24.3 Å². The zero-order chi connectivity index (χ0) is 17.9. The number of para-hydroxylation sites is 2. The summed E-state index contributed by atoms with van der Waals surface area (Å²) < 4.78 is 4.18. The fourth-order valence-electron chi connectivity index (χ4n) is 3.28. The van der Waals surface area contributed by atoms with Crippen molar-refractivity contribution in [1.82, 2.24) is 29.6 Å². The lowest BCUT2D eigenvalue weighted by Crippen LogP contribution is -2.23. The zero-order valence-electron chi connectivity index (χ0n) is 15.0. The molecule has 4 rings (SSSR count). The number of fused-ring (bicyclic) bond motifs is 1. The van der Waals surface area contributed by atoms with Crippen molar-refractivity contribution < 1.29 is 0 Å². The first-order valence-corrected chi connectivity index (χ1v) is 8.82. The fourth-order valence-corrected chi connectivity index (χ4v) is 3.28. The summed E-state index contributed by atoms with van der Waals surface area (Å²) in [5.41, 5.74) is 4.55. The first kappa shape index (κ1) is 16.5. The molecule has 0 fully saturated rings. The zero-order valence-corrected chi connectivity index (χ0v) is 15.0. The minimum Gasteiger partial charge on any atom is -0.327 e. The van der Waals surface area contributed by atoms with Crippen molar-refractivity contribution >= 4 is 11.0 Å². The number of benzene rings is 2. The van der Waals surface area contributed by atoms with E-state index < -0.39 is 0 Å². The van der Waals surface area contributed by atoms with Gasteiger partial charge in [0.25, 0.3) is 0 Å². The Bertz CT molecular complexity index is 1000. The molecule has 1 atom stereocenters. The molecule has 0 radical (unpaired) electrons. The number of hydrogen-bond donors (Lipinski definition) is 1. The van der Waals surface area contributed by atoms with E-state index in [9.17, 15) is 0 Å². The molecule has 0 aliphatic heterocycles. The normalized spacial score (nSPS) is 12.5. The number of nitrogens with zero attached hydrogens (tertiary/aromatic N) is 5. The molecule has 0 saturated carbocycles. The molecule has 6 heteroatoms. The van der Waals surface area contributed by atoms with E-state index in [2.05, 4.69) is 81.4 Å². The fraction of sp³-hybridized carbons (Fsp3) is 0.250. The maximum atomic E-state index is 4.63. The van der Waals surface area contributed by atoms with Gasteiger partial charge in [0.1, 0.15) is 18.5 Å². The average Bonchev–Trinajstić information content (AvgIpc) is 3.30. The van der Waals surface area contributed by atoms with E-state index in [-0.39, 0.29) is 6.04 Å². The molecule has 0 amide bonds. The third-order valence-corrected chi connectivity index (χ3v) is 4.72. The number of aromatic nitrogens is 5. The molecule has 0 saturated heterocycles. The van der Waals surface area contributed by atoms with Crippen molar-refractivity contribution in [3.63, 3.8) is 0 Å². The Morgan fingerprint density at radius 2 is 1.85 bits per heavy atom. The molecule has 4 aromatic rings. The second-order valence-corrected chi connectivity index (χ2v) is 6.44. The van der Waals surface area contributed by atoms with Crippen molar-refractivity contribution in [1.29, 1.82) is 0 Å². The Morgan fingerprint density at radius 1 is 1.04 bits per heavy atom. The van der Waals surface area contributed by atoms with Gasteiger partial charge in [-0.2, -0.15) is 0 Å². The first-order chi connectivity index (χ1) is 12.7. The van der Waals surface area contributed by atoms with E-state index in [0.29, 0.717) is 0 Å². The van der Waals surface area contributed by atoms with Crippen molar-refractivity contribution in [2.24, 2.45) is 0 Å². The van der Waals surface area contributed by atoms with Crippen LogP contribution < -0.4 is 5.32 Å². The summed E-state index contributed by atoms with van der Waals surface area (Å²) in [4.78, 5) is 4.63. The van der Waals surface area contributed by atoms with Gasteiger partial charge in [-0.15, -0.1) is 10.2 Å². The largest absolute Gasteiger partial charge is 0.327 e. The van der Waals surface area contributed by atoms with Gasteiger partial charge in [-0.25, -0.2) is 4.98 Å². The summed E-state index contributed by atoms with van der Waals surface area (Å²) >= 11 is 0. The topological polar surface area (TPSA) is 60.6 Å². The van der Waals surface area contributed by atoms with Crippen LogP contribution in [0.25, 0.3) is 16.7 Å². The standard InChI is InChI=1S/C20H22N6/c1-15(17-6-5-7-18(12-17)25-13-22-23-14-25)21-10-11-26-16(2)24-19-8-3-4-9-20(19)26/h3-9,12-15,21H,10-11H2,1-2H3/t15-/m0/s1. The highest BCUT2D eigenvalue weighted by atomic mass is 15.2. The van der Waals surface area contributed by atoms with Gasteiger partial charge < -0.3 is 9.88 Å². The first-order valence-electron chi connectivity index (χ1n) is 8.82. The average molecular weight is 346 g/mol. The molecule has 2 heterocycles. The Labute approximate surface area is 152 Å². The molecule has 0 aliphatic carbocycles. The van der Waals surface area contributed by atoms with Crippen LogP contribution in [0.4, 0.5) is 0 Å². The number of rotatable bonds is 6. The Kier molecular flexibility index (Phi) is 4.50. The van der Waals surface area contributed by atoms with Gasteiger partial charge in [0.2, 0.25) is 0 Å². The van der Waals surface area contributed by atoms with Gasteiger partial charge in [-0.3, -0.25) is 4.57 Å². The van der Waals surface area contributed by atoms with E-state index in [4.69, 9.17) is 0 Å². The van der Waals surface area contributed by atoms with Crippen LogP contribution >= 0.6 is 0 Å². The second-order valence-electron chi connectivity index (χ2n) is 6.44. The molecule has 26 heavy (non-hydrogen) atoms. The van der Waals surface area contributed by atoms with E-state index in [1.54, 1.807) is 12.7 Å². The predicted octanol–water partition coefficient (Wildman–Crippen LogP) is 3.28. The SMILES string of the molecule is Cc1nc2ccccc2n1CCN[C@@H](C)c1cccc(-n2cnnc2)c1. The van der Waals surface area contributed by atoms with E-state index in [1.807, 2.05) is 10.6 Å². The van der Waals surface area contributed by atoms with E-state index >= 15 is 0 Å². The third kappa shape index (κ3) is 3.23. The van der Waals surface area contributed by atoms with E-state index in [0.717, 1.165) is 30.1 Å². The number of aryl methyl sites for hydroxylation is 1. The van der Waals surface area contributed by atoms with Crippen LogP contribution in [0.2, 0.25) is 0 Å². The summed E-state index contributed by atoms with van der Waals surface area (Å²) in [6, 6.07) is 17.0. The minimum absolute atomic E-state index is 0.251. The highest BCUT2D eigenvalue weighted by Crippen LogP contribution is 2.18. The molecule has 0 bridgehead atoms. The number of imidazole rings is 1. The Balaban J connectivity index is 1.43. The molecular formula is C20H22N6. The van der Waals surface area contributed by atoms with Crippen LogP contribution in [-0.2, 0) is 6.54 Å². The molecule has 6 nitrogen and oxygen atoms in total. The van der Waals surface area contributed by atoms with Crippen molar-refractivity contribution in [2.75, 3.05) is 6.54 Å². The highest BCUT2D eigenvalue weighted by molar-refractivity contribution is 5.75. The van der Waals surface area contributed by atoms with E-state index in [1.165, 1.54) is 11.1 Å². The highest BCUT2D eigenvalue weighted by Gasteiger charge is 2.09. The van der Waals surface area contributed by atoms with Gasteiger partial charge >= 0.3 is 0 Å². The van der Waals surface area contributed by atoms with Crippen LogP contribution in [-0.4, -0.2) is 30.9 Å². The second kappa shape index (κ2) is 7.09. The Morgan fingerprint density at radius 3 is 2.69 bits per heavy atom. The van der Waals surface area contributed by atoms with Crippen LogP contribution in [0.3, 0.4) is 0 Å². The van der Waals surface area contributed by atoms with Crippen LogP contribution in [0.1, 0.15) is 24.4 Å². The minimum atomic E-state index is 0.251. The number of nitrogens with one attached hydrogen (secondary N) is 1. The maximum Gasteiger partial charge on any atom is 0.123 e. The summed E-state index contributed by atoms with van der Waals surface area (Å²) in [6.45, 7) is 6.01. The molecule has 132 valence electrons. The van der Waals surface area contributed by atoms with Crippen LogP contribution in [0.5, 0.6) is 0 Å². The Hall–Kier alpha value is -2.99. The predicted molar refractivity (Wildman–Crippen MR) is 102 cm³/mol. The van der Waals surface area contributed by atoms with Gasteiger partial charge in [0.15, 0.2) is 0 Å². The lowest BCUT2D eigenvalue weighted by molar-refractivity contribution is 0.531. The molecule has 0 unspecified atom stereocenters. The number of hydrogen-bond acceptors (Lipinski definition) is 4. The molecular weight excluding hydrogens is 324 g/mol. The summed E-state index contributed by atoms with van der Waals surface area (Å²) in [5, 5.41) is 11.4. The summed E-state index contributed by atoms with van der Waals surface area (Å²) in [7, 11) is 0. The summed E-state index contributed by atoms with van der Waals surface area (Å²) in [5.74, 6) is 1.05. The molecule has 2 aromatic heterocycles. The van der Waals surface area contributed by atoms with Crippen molar-refractivity contribution in [3.05, 3.63) is 72.6 Å². The quantitative estimate of drug-likeness (QED) is 0.582. The van der Waals surface area contributed by atoms with Crippen molar-refractivity contribution in [2.45, 2.75) is 26.4 Å². The molecule has 2 aromatic carbocycles. The lowest BCUT2D eigenvalue weighted by Gasteiger charge is -2.16. The van der Waals surface area contributed by atoms with Crippen molar-refractivity contribution in [3.8, 4) is 5.69 Å². The monoisotopic (exact) mass is 346 g/mol. The molecule has 0 aliphatic rings. The maximum absolute atomic E-state index is 4.63. The van der Waals surface area contributed by atoms with Gasteiger partial charge in [0.05, 0.1) is 11.0 Å². The summed E-state index contributed by atoms with van der Waals surface area (Å²) in [6.07, 6.45) is 3.42. The molecule has 0 spiro atoms. The van der Waals surface area contributed by atoms with Crippen LogP contribution in [0, 0.1) is 6.92 Å². The van der Waals surface area contributed by atoms with Gasteiger partial charge in [0, 0.05) is 24.8 Å². The third-order valence-electron chi connectivity index (χ3n) is 4.72.